The van der Waals surface area contributed by atoms with Crippen LogP contribution < -0.4 is 0 Å². The minimum atomic E-state index is -1.20. The van der Waals surface area contributed by atoms with Gasteiger partial charge >= 0.3 is 0 Å². The van der Waals surface area contributed by atoms with Crippen molar-refractivity contribution >= 4 is 0 Å². The first-order valence-corrected chi connectivity index (χ1v) is 3.00. The maximum absolute atomic E-state index is 12.6. The molecule has 0 aliphatic rings. The molecule has 0 N–H and O–H groups in total. The molecule has 0 unspecified atom stereocenters. The van der Waals surface area contributed by atoms with Crippen molar-refractivity contribution in [2.75, 3.05) is 0 Å². The highest BCUT2D eigenvalue weighted by molar-refractivity contribution is 5.31. The molecule has 59 valence electrons. The highest BCUT2D eigenvalue weighted by Crippen LogP contribution is 2.17. The summed E-state index contributed by atoms with van der Waals surface area (Å²) in [5.74, 6) is -3.05. The fourth-order valence-corrected chi connectivity index (χ4v) is 0.736. The molecule has 1 rings (SSSR count). The Morgan fingerprint density at radius 2 is 1.73 bits per heavy atom. The molecular weight excluding hydrogens is 153 g/mol. The van der Waals surface area contributed by atoms with Crippen LogP contribution in [0.25, 0.3) is 0 Å². The van der Waals surface area contributed by atoms with Crippen molar-refractivity contribution in [1.82, 2.24) is 0 Å². The van der Waals surface area contributed by atoms with Crippen LogP contribution in [0.5, 0.6) is 0 Å². The zero-order valence-electron chi connectivity index (χ0n) is 5.92. The zero-order chi connectivity index (χ0) is 8.59. The minimum absolute atomic E-state index is 0.0453. The Kier molecular flexibility index (Phi) is 1.89. The molecule has 0 atom stereocenters. The van der Waals surface area contributed by atoms with E-state index < -0.39 is 17.5 Å². The third-order valence-electron chi connectivity index (χ3n) is 1.54. The zero-order valence-corrected chi connectivity index (χ0v) is 5.92. The fraction of sp³-hybridized carbons (Fsp3) is 0.125. The lowest BCUT2D eigenvalue weighted by Crippen LogP contribution is -1.96. The standard InChI is InChI=1S/C8H6F3/c1-4-5(2)8(11)7(10)3-6(4)9/h3H,2H2,1H3. The number of hydrogen-bond acceptors (Lipinski definition) is 0. The van der Waals surface area contributed by atoms with Gasteiger partial charge in [0.15, 0.2) is 11.6 Å². The van der Waals surface area contributed by atoms with Crippen molar-refractivity contribution in [3.05, 3.63) is 41.6 Å². The van der Waals surface area contributed by atoms with E-state index in [0.717, 1.165) is 0 Å². The van der Waals surface area contributed by atoms with E-state index in [1.807, 2.05) is 0 Å². The van der Waals surface area contributed by atoms with Crippen LogP contribution in [0.4, 0.5) is 13.2 Å². The van der Waals surface area contributed by atoms with Gasteiger partial charge in [-0.3, -0.25) is 0 Å². The van der Waals surface area contributed by atoms with Gasteiger partial charge in [0, 0.05) is 6.07 Å². The van der Waals surface area contributed by atoms with E-state index in [1.165, 1.54) is 6.92 Å². The highest BCUT2D eigenvalue weighted by Gasteiger charge is 2.11. The van der Waals surface area contributed by atoms with Gasteiger partial charge in [0.05, 0.1) is 0 Å². The lowest BCUT2D eigenvalue weighted by atomic mass is 10.1. The SMILES string of the molecule is [CH2]c1c(C)c(F)cc(F)c1F. The van der Waals surface area contributed by atoms with Crippen LogP contribution in [0, 0.1) is 31.3 Å². The number of halogens is 3. The Labute approximate surface area is 62.7 Å². The molecule has 0 spiro atoms. The Morgan fingerprint density at radius 1 is 1.18 bits per heavy atom. The lowest BCUT2D eigenvalue weighted by Gasteiger charge is -2.02. The predicted octanol–water partition coefficient (Wildman–Crippen LogP) is 2.59. The van der Waals surface area contributed by atoms with Crippen LogP contribution in [0.2, 0.25) is 0 Å². The molecule has 0 fully saturated rings. The normalized spacial score (nSPS) is 10.3. The van der Waals surface area contributed by atoms with Crippen LogP contribution in [-0.2, 0) is 0 Å². The second kappa shape index (κ2) is 2.57. The maximum atomic E-state index is 12.6. The van der Waals surface area contributed by atoms with Crippen LogP contribution in [0.1, 0.15) is 11.1 Å². The molecule has 3 heteroatoms. The van der Waals surface area contributed by atoms with Gasteiger partial charge in [-0.1, -0.05) is 0 Å². The summed E-state index contributed by atoms with van der Waals surface area (Å²) in [6.07, 6.45) is 0. The number of benzene rings is 1. The van der Waals surface area contributed by atoms with Crippen LogP contribution >= 0.6 is 0 Å². The monoisotopic (exact) mass is 159 g/mol. The van der Waals surface area contributed by atoms with Gasteiger partial charge in [0.25, 0.3) is 0 Å². The molecule has 1 aromatic carbocycles. The predicted molar refractivity (Wildman–Crippen MR) is 35.5 cm³/mol. The quantitative estimate of drug-likeness (QED) is 0.510. The minimum Gasteiger partial charge on any atom is -0.207 e. The molecule has 0 saturated heterocycles. The van der Waals surface area contributed by atoms with Gasteiger partial charge in [-0.25, -0.2) is 13.2 Å². The van der Waals surface area contributed by atoms with Gasteiger partial charge in [-0.2, -0.15) is 0 Å². The van der Waals surface area contributed by atoms with Crippen LogP contribution in [-0.4, -0.2) is 0 Å². The van der Waals surface area contributed by atoms with Crippen LogP contribution in [0.3, 0.4) is 0 Å². The van der Waals surface area contributed by atoms with Crippen molar-refractivity contribution in [3.63, 3.8) is 0 Å². The highest BCUT2D eigenvalue weighted by atomic mass is 19.2. The lowest BCUT2D eigenvalue weighted by molar-refractivity contribution is 0.489. The van der Waals surface area contributed by atoms with Crippen molar-refractivity contribution in [2.45, 2.75) is 6.92 Å². The average molecular weight is 159 g/mol. The summed E-state index contributed by atoms with van der Waals surface area (Å²) in [7, 11) is 0. The van der Waals surface area contributed by atoms with Gasteiger partial charge in [0.2, 0.25) is 0 Å². The molecule has 11 heavy (non-hydrogen) atoms. The summed E-state index contributed by atoms with van der Waals surface area (Å²) in [5.41, 5.74) is -0.175. The van der Waals surface area contributed by atoms with E-state index in [4.69, 9.17) is 0 Å². The topological polar surface area (TPSA) is 0 Å². The summed E-state index contributed by atoms with van der Waals surface area (Å²) in [4.78, 5) is 0. The Bertz CT molecular complexity index is 266. The molecule has 0 saturated carbocycles. The smallest absolute Gasteiger partial charge is 0.162 e. The van der Waals surface area contributed by atoms with Crippen molar-refractivity contribution < 1.29 is 13.2 Å². The molecule has 0 aliphatic carbocycles. The van der Waals surface area contributed by atoms with E-state index in [0.29, 0.717) is 6.07 Å². The molecule has 0 aromatic heterocycles. The van der Waals surface area contributed by atoms with E-state index >= 15 is 0 Å². The van der Waals surface area contributed by atoms with E-state index in [9.17, 15) is 13.2 Å². The molecule has 0 bridgehead atoms. The third kappa shape index (κ3) is 1.23. The Balaban J connectivity index is 3.46. The first kappa shape index (κ1) is 8.11. The third-order valence-corrected chi connectivity index (χ3v) is 1.54. The van der Waals surface area contributed by atoms with E-state index in [2.05, 4.69) is 6.92 Å². The van der Waals surface area contributed by atoms with E-state index in [1.54, 1.807) is 0 Å². The summed E-state index contributed by atoms with van der Waals surface area (Å²) in [5, 5.41) is 0. The second-order valence-electron chi connectivity index (χ2n) is 2.26. The van der Waals surface area contributed by atoms with Crippen molar-refractivity contribution in [1.29, 1.82) is 0 Å². The van der Waals surface area contributed by atoms with Gasteiger partial charge in [-0.05, 0) is 25.0 Å². The maximum Gasteiger partial charge on any atom is 0.162 e. The van der Waals surface area contributed by atoms with Crippen molar-refractivity contribution in [3.8, 4) is 0 Å². The fourth-order valence-electron chi connectivity index (χ4n) is 0.736. The summed E-state index contributed by atoms with van der Waals surface area (Å²) >= 11 is 0. The number of hydrogen-bond donors (Lipinski definition) is 0. The molecule has 1 aromatic rings. The number of rotatable bonds is 0. The molecule has 0 aliphatic heterocycles. The van der Waals surface area contributed by atoms with E-state index in [-0.39, 0.29) is 11.1 Å². The second-order valence-corrected chi connectivity index (χ2v) is 2.26. The Hall–Kier alpha value is -0.990. The summed E-state index contributed by atoms with van der Waals surface area (Å²) in [6, 6.07) is 0.513. The molecule has 0 amide bonds. The van der Waals surface area contributed by atoms with Gasteiger partial charge in [-0.15, -0.1) is 0 Å². The summed E-state index contributed by atoms with van der Waals surface area (Å²) in [6.45, 7) is 4.53. The average Bonchev–Trinajstić information content (AvgIpc) is 1.97. The van der Waals surface area contributed by atoms with Gasteiger partial charge in [0.1, 0.15) is 5.82 Å². The van der Waals surface area contributed by atoms with Crippen molar-refractivity contribution in [2.24, 2.45) is 0 Å². The molecule has 0 nitrogen and oxygen atoms in total. The molecule has 0 heterocycles. The largest absolute Gasteiger partial charge is 0.207 e. The van der Waals surface area contributed by atoms with Crippen LogP contribution in [0.15, 0.2) is 6.07 Å². The molecule has 1 radical (unpaired) electrons. The first-order valence-electron chi connectivity index (χ1n) is 3.00. The molecular formula is C8H6F3. The summed E-state index contributed by atoms with van der Waals surface area (Å²) < 4.78 is 37.5. The first-order chi connectivity index (χ1) is 5.04. The Morgan fingerprint density at radius 3 is 2.27 bits per heavy atom. The van der Waals surface area contributed by atoms with Gasteiger partial charge < -0.3 is 0 Å².